The van der Waals surface area contributed by atoms with Crippen LogP contribution in [0.25, 0.3) is 10.6 Å². The van der Waals surface area contributed by atoms with Crippen molar-refractivity contribution in [2.24, 2.45) is 0 Å². The number of piperidine rings is 1. The molecule has 170 valence electrons. The molecule has 2 fully saturated rings. The largest absolute Gasteiger partial charge is 0.331 e. The fourth-order valence-corrected chi connectivity index (χ4v) is 6.64. The third-order valence-corrected chi connectivity index (χ3v) is 8.81. The number of rotatable bonds is 4. The van der Waals surface area contributed by atoms with Gasteiger partial charge in [0.2, 0.25) is 5.95 Å². The highest BCUT2D eigenvalue weighted by Gasteiger charge is 2.57. The van der Waals surface area contributed by atoms with E-state index in [0.717, 1.165) is 53.4 Å². The van der Waals surface area contributed by atoms with E-state index in [0.29, 0.717) is 11.9 Å². The zero-order valence-corrected chi connectivity index (χ0v) is 20.1. The van der Waals surface area contributed by atoms with Crippen LogP contribution in [0, 0.1) is 6.92 Å². The highest BCUT2D eigenvalue weighted by Crippen LogP contribution is 2.59. The molecule has 3 aliphatic rings. The molecule has 1 amide bonds. The number of hydrogen-bond donors (Lipinski definition) is 1. The molecule has 0 aromatic carbocycles. The molecule has 1 aliphatic carbocycles. The van der Waals surface area contributed by atoms with Gasteiger partial charge in [-0.05, 0) is 81.9 Å². The lowest BCUT2D eigenvalue weighted by Gasteiger charge is -2.29. The summed E-state index contributed by atoms with van der Waals surface area (Å²) in [4.78, 5) is 33.2. The maximum atomic E-state index is 12.7. The predicted molar refractivity (Wildman–Crippen MR) is 130 cm³/mol. The Labute approximate surface area is 197 Å². The van der Waals surface area contributed by atoms with Gasteiger partial charge in [0.25, 0.3) is 5.91 Å². The van der Waals surface area contributed by atoms with Gasteiger partial charge in [-0.15, -0.1) is 11.3 Å². The Hall–Kier alpha value is -2.84. The first-order valence-corrected chi connectivity index (χ1v) is 12.4. The second-order valence-electron chi connectivity index (χ2n) is 9.65. The van der Waals surface area contributed by atoms with Crippen LogP contribution >= 0.6 is 11.3 Å². The minimum atomic E-state index is -0.0588. The normalized spacial score (nSPS) is 19.8. The Kier molecular flexibility index (Phi) is 4.78. The number of aryl methyl sites for hydroxylation is 1. The molecule has 33 heavy (non-hydrogen) atoms. The standard InChI is InChI=1S/C25H28N6OS/c1-15-13-27-24(28-20-5-4-17(14-26-20)16-6-10-30(2)11-7-16)29-21(15)19-12-18-22(33-19)25(8-9-25)31(3)23(18)32/h4-5,12-14,16H,6-11H2,1-3H3,(H,26,27,28,29). The van der Waals surface area contributed by atoms with Crippen LogP contribution in [-0.4, -0.2) is 57.8 Å². The molecule has 0 atom stereocenters. The van der Waals surface area contributed by atoms with E-state index in [9.17, 15) is 4.79 Å². The lowest BCUT2D eigenvalue weighted by atomic mass is 9.91. The first-order chi connectivity index (χ1) is 15.9. The fourth-order valence-electron chi connectivity index (χ4n) is 5.15. The summed E-state index contributed by atoms with van der Waals surface area (Å²) in [6.45, 7) is 4.29. The van der Waals surface area contributed by atoms with E-state index in [4.69, 9.17) is 4.98 Å². The van der Waals surface area contributed by atoms with Crippen molar-refractivity contribution >= 4 is 29.0 Å². The van der Waals surface area contributed by atoms with Crippen LogP contribution in [-0.2, 0) is 5.54 Å². The van der Waals surface area contributed by atoms with Gasteiger partial charge in [0.05, 0.1) is 21.7 Å². The van der Waals surface area contributed by atoms with Gasteiger partial charge in [-0.25, -0.2) is 15.0 Å². The second-order valence-corrected chi connectivity index (χ2v) is 10.7. The van der Waals surface area contributed by atoms with E-state index in [2.05, 4.69) is 33.3 Å². The molecule has 5 heterocycles. The number of hydrogen-bond acceptors (Lipinski definition) is 7. The van der Waals surface area contributed by atoms with Gasteiger partial charge in [0.15, 0.2) is 0 Å². The predicted octanol–water partition coefficient (Wildman–Crippen LogP) is 4.54. The summed E-state index contributed by atoms with van der Waals surface area (Å²) in [6.07, 6.45) is 8.28. The summed E-state index contributed by atoms with van der Waals surface area (Å²) in [5, 5.41) is 3.26. The molecular weight excluding hydrogens is 432 g/mol. The second kappa shape index (κ2) is 7.60. The van der Waals surface area contributed by atoms with Crippen LogP contribution in [0.5, 0.6) is 0 Å². The number of likely N-dealkylation sites (tertiary alicyclic amines) is 1. The zero-order valence-electron chi connectivity index (χ0n) is 19.3. The Morgan fingerprint density at radius 2 is 1.91 bits per heavy atom. The van der Waals surface area contributed by atoms with Crippen LogP contribution in [0.15, 0.2) is 30.6 Å². The van der Waals surface area contributed by atoms with Crippen molar-refractivity contribution in [3.63, 3.8) is 0 Å². The Bertz CT molecular complexity index is 1220. The number of nitrogens with zero attached hydrogens (tertiary/aromatic N) is 5. The number of carbonyl (C=O) groups is 1. The highest BCUT2D eigenvalue weighted by molar-refractivity contribution is 7.16. The fraction of sp³-hybridized carbons (Fsp3) is 0.440. The van der Waals surface area contributed by atoms with E-state index in [1.54, 1.807) is 11.3 Å². The van der Waals surface area contributed by atoms with Crippen molar-refractivity contribution < 1.29 is 4.79 Å². The average molecular weight is 461 g/mol. The zero-order chi connectivity index (χ0) is 22.7. The number of carbonyl (C=O) groups excluding carboxylic acids is 1. The Morgan fingerprint density at radius 1 is 1.12 bits per heavy atom. The summed E-state index contributed by atoms with van der Waals surface area (Å²) in [5.41, 5.74) is 3.96. The summed E-state index contributed by atoms with van der Waals surface area (Å²) < 4.78 is 0. The van der Waals surface area contributed by atoms with Gasteiger partial charge in [0, 0.05) is 24.3 Å². The van der Waals surface area contributed by atoms with Crippen LogP contribution in [0.2, 0.25) is 0 Å². The number of pyridine rings is 1. The average Bonchev–Trinajstić information content (AvgIpc) is 3.48. The minimum absolute atomic E-state index is 0.0588. The van der Waals surface area contributed by atoms with E-state index in [1.807, 2.05) is 43.4 Å². The van der Waals surface area contributed by atoms with Gasteiger partial charge < -0.3 is 15.1 Å². The SMILES string of the molecule is Cc1cnc(Nc2ccc(C3CCN(C)CC3)cn2)nc1-c1cc2c(s1)C1(CC1)N(C)C2=O. The van der Waals surface area contributed by atoms with Crippen molar-refractivity contribution in [1.82, 2.24) is 24.8 Å². The van der Waals surface area contributed by atoms with E-state index in [-0.39, 0.29) is 11.4 Å². The molecule has 3 aromatic heterocycles. The number of aromatic nitrogens is 3. The van der Waals surface area contributed by atoms with Crippen molar-refractivity contribution in [3.05, 3.63) is 52.2 Å². The molecule has 7 nitrogen and oxygen atoms in total. The van der Waals surface area contributed by atoms with Crippen molar-refractivity contribution in [1.29, 1.82) is 0 Å². The molecule has 1 spiro atoms. The summed E-state index contributed by atoms with van der Waals surface area (Å²) in [7, 11) is 4.10. The lowest BCUT2D eigenvalue weighted by molar-refractivity contribution is 0.0756. The minimum Gasteiger partial charge on any atom is -0.331 e. The van der Waals surface area contributed by atoms with E-state index >= 15 is 0 Å². The third-order valence-electron chi connectivity index (χ3n) is 7.48. The Morgan fingerprint density at radius 3 is 2.61 bits per heavy atom. The van der Waals surface area contributed by atoms with Crippen LogP contribution in [0.4, 0.5) is 11.8 Å². The topological polar surface area (TPSA) is 74.2 Å². The maximum Gasteiger partial charge on any atom is 0.255 e. The van der Waals surface area contributed by atoms with Crippen LogP contribution in [0.3, 0.4) is 0 Å². The van der Waals surface area contributed by atoms with E-state index in [1.165, 1.54) is 23.3 Å². The molecule has 0 radical (unpaired) electrons. The number of thiophene rings is 1. The number of fused-ring (bicyclic) bond motifs is 2. The van der Waals surface area contributed by atoms with Crippen molar-refractivity contribution in [3.8, 4) is 10.6 Å². The van der Waals surface area contributed by atoms with E-state index < -0.39 is 0 Å². The van der Waals surface area contributed by atoms with Gasteiger partial charge >= 0.3 is 0 Å². The van der Waals surface area contributed by atoms with Gasteiger partial charge in [-0.1, -0.05) is 6.07 Å². The van der Waals surface area contributed by atoms with Crippen LogP contribution in [0.1, 0.15) is 58.0 Å². The first kappa shape index (κ1) is 20.7. The molecule has 8 heteroatoms. The molecular formula is C25H28N6OS. The van der Waals surface area contributed by atoms with Crippen molar-refractivity contribution in [2.45, 2.75) is 44.1 Å². The molecule has 0 unspecified atom stereocenters. The van der Waals surface area contributed by atoms with Crippen molar-refractivity contribution in [2.75, 3.05) is 32.5 Å². The quantitative estimate of drug-likeness (QED) is 0.616. The molecule has 1 saturated carbocycles. The number of anilines is 2. The molecule has 1 N–H and O–H groups in total. The molecule has 0 bridgehead atoms. The Balaban J connectivity index is 1.23. The monoisotopic (exact) mass is 460 g/mol. The van der Waals surface area contributed by atoms with Gasteiger partial charge in [-0.2, -0.15) is 0 Å². The number of nitrogens with one attached hydrogen (secondary N) is 1. The van der Waals surface area contributed by atoms with Gasteiger partial charge in [0.1, 0.15) is 5.82 Å². The van der Waals surface area contributed by atoms with Crippen LogP contribution < -0.4 is 5.32 Å². The molecule has 1 saturated heterocycles. The molecule has 3 aromatic rings. The maximum absolute atomic E-state index is 12.7. The molecule has 2 aliphatic heterocycles. The summed E-state index contributed by atoms with van der Waals surface area (Å²) >= 11 is 1.70. The molecule has 6 rings (SSSR count). The first-order valence-electron chi connectivity index (χ1n) is 11.6. The smallest absolute Gasteiger partial charge is 0.255 e. The number of amides is 1. The van der Waals surface area contributed by atoms with Gasteiger partial charge in [-0.3, -0.25) is 4.79 Å². The summed E-state index contributed by atoms with van der Waals surface area (Å²) in [5.74, 6) is 1.98. The third kappa shape index (κ3) is 3.43. The lowest BCUT2D eigenvalue weighted by Crippen LogP contribution is -2.29. The summed E-state index contributed by atoms with van der Waals surface area (Å²) in [6, 6.07) is 6.20. The highest BCUT2D eigenvalue weighted by atomic mass is 32.1.